The summed E-state index contributed by atoms with van der Waals surface area (Å²) in [5.74, 6) is 0.292. The number of aromatic amines is 1. The maximum atomic E-state index is 15.3. The van der Waals surface area contributed by atoms with Gasteiger partial charge in [0.25, 0.3) is 5.56 Å². The van der Waals surface area contributed by atoms with Crippen LogP contribution in [0.1, 0.15) is 27.0 Å². The molecule has 0 bridgehead atoms. The second-order valence-electron chi connectivity index (χ2n) is 7.62. The number of hydrogen-bond acceptors (Lipinski definition) is 7. The number of nitrogens with zero attached hydrogens (tertiary/aromatic N) is 1. The van der Waals surface area contributed by atoms with Gasteiger partial charge in [0, 0.05) is 18.3 Å². The highest BCUT2D eigenvalue weighted by Gasteiger charge is 2.55. The quantitative estimate of drug-likeness (QED) is 0.511. The molecule has 1 unspecified atom stereocenters. The number of aromatic nitrogens is 2. The number of H-pyrrole nitrogens is 1. The summed E-state index contributed by atoms with van der Waals surface area (Å²) in [6.45, 7) is 4.05. The van der Waals surface area contributed by atoms with Crippen molar-refractivity contribution in [3.63, 3.8) is 0 Å². The van der Waals surface area contributed by atoms with Gasteiger partial charge in [-0.3, -0.25) is 18.9 Å². The molecule has 0 saturated carbocycles. The predicted octanol–water partition coefficient (Wildman–Crippen LogP) is 1.72. The number of benzene rings is 1. The van der Waals surface area contributed by atoms with E-state index in [2.05, 4.69) is 5.09 Å². The van der Waals surface area contributed by atoms with Gasteiger partial charge in [-0.25, -0.2) is 18.8 Å². The second kappa shape index (κ2) is 9.05. The molecule has 2 heterocycles. The molecule has 1 aliphatic rings. The van der Waals surface area contributed by atoms with Crippen LogP contribution in [-0.2, 0) is 13.8 Å². The molecule has 0 radical (unpaired) electrons. The maximum absolute atomic E-state index is 15.3. The summed E-state index contributed by atoms with van der Waals surface area (Å²) in [4.78, 5) is 25.3. The predicted molar refractivity (Wildman–Crippen MR) is 110 cm³/mol. The molecule has 170 valence electrons. The van der Waals surface area contributed by atoms with E-state index in [0.717, 1.165) is 23.8 Å². The van der Waals surface area contributed by atoms with Gasteiger partial charge in [0.05, 0.1) is 6.61 Å². The van der Waals surface area contributed by atoms with Crippen molar-refractivity contribution in [1.82, 2.24) is 14.6 Å². The van der Waals surface area contributed by atoms with E-state index in [1.807, 2.05) is 4.98 Å². The number of halogens is 1. The molecule has 3 rings (SSSR count). The van der Waals surface area contributed by atoms with Crippen molar-refractivity contribution in [3.8, 4) is 5.75 Å². The summed E-state index contributed by atoms with van der Waals surface area (Å²) in [5, 5.41) is 13.2. The minimum Gasteiger partial charge on any atom is -0.413 e. The molecular formula is C19H25FN3O7P. The molecule has 1 aromatic heterocycles. The van der Waals surface area contributed by atoms with Crippen LogP contribution in [0, 0.1) is 0 Å². The number of nitrogens with one attached hydrogen (secondary N) is 2. The molecule has 3 N–H and O–H groups in total. The normalized spacial score (nSPS) is 27.9. The van der Waals surface area contributed by atoms with Gasteiger partial charge in [-0.05, 0) is 32.9 Å². The molecule has 2 aromatic rings. The van der Waals surface area contributed by atoms with Crippen molar-refractivity contribution in [2.75, 3.05) is 6.61 Å². The zero-order valence-electron chi connectivity index (χ0n) is 17.2. The number of rotatable bonds is 8. The van der Waals surface area contributed by atoms with Crippen LogP contribution in [0.25, 0.3) is 0 Å². The topological polar surface area (TPSA) is 132 Å². The van der Waals surface area contributed by atoms with Crippen LogP contribution in [-0.4, -0.2) is 45.2 Å². The molecule has 1 fully saturated rings. The van der Waals surface area contributed by atoms with E-state index in [9.17, 15) is 19.3 Å². The molecule has 0 aliphatic carbocycles. The molecule has 1 saturated heterocycles. The SMILES string of the molecule is CC(C)NP(=O)(OC[C@H]1O[C@@H](n2ccc(=O)[nH]c2=O)[C@](C)(F)[C@H]1O)Oc1ccccc1. The Bertz CT molecular complexity index is 1060. The summed E-state index contributed by atoms with van der Waals surface area (Å²) in [6.07, 6.45) is -3.43. The van der Waals surface area contributed by atoms with Crippen LogP contribution in [0.15, 0.2) is 52.2 Å². The van der Waals surface area contributed by atoms with Crippen LogP contribution >= 0.6 is 7.75 Å². The van der Waals surface area contributed by atoms with Crippen molar-refractivity contribution in [1.29, 1.82) is 0 Å². The van der Waals surface area contributed by atoms with Crippen LogP contribution < -0.4 is 20.9 Å². The largest absolute Gasteiger partial charge is 0.459 e. The lowest BCUT2D eigenvalue weighted by atomic mass is 9.98. The van der Waals surface area contributed by atoms with E-state index in [1.165, 1.54) is 0 Å². The number of aliphatic hydroxyl groups is 1. The van der Waals surface area contributed by atoms with E-state index in [-0.39, 0.29) is 6.04 Å². The zero-order valence-corrected chi connectivity index (χ0v) is 18.1. The molecule has 0 amide bonds. The van der Waals surface area contributed by atoms with Crippen molar-refractivity contribution in [2.45, 2.75) is 50.9 Å². The third-order valence-electron chi connectivity index (χ3n) is 4.61. The van der Waals surface area contributed by atoms with E-state index in [1.54, 1.807) is 44.2 Å². The van der Waals surface area contributed by atoms with Crippen molar-refractivity contribution >= 4 is 7.75 Å². The number of para-hydroxylation sites is 1. The average Bonchev–Trinajstić information content (AvgIpc) is 2.90. The third kappa shape index (κ3) is 5.31. The minimum absolute atomic E-state index is 0.275. The Labute approximate surface area is 177 Å². The summed E-state index contributed by atoms with van der Waals surface area (Å²) in [7, 11) is -3.91. The first-order chi connectivity index (χ1) is 14.5. The Hall–Kier alpha value is -2.30. The Balaban J connectivity index is 1.78. The van der Waals surface area contributed by atoms with E-state index in [4.69, 9.17) is 13.8 Å². The summed E-state index contributed by atoms with van der Waals surface area (Å²) in [5.41, 5.74) is -3.94. The van der Waals surface area contributed by atoms with Crippen molar-refractivity contribution in [3.05, 3.63) is 63.4 Å². The number of aliphatic hydroxyl groups excluding tert-OH is 1. The lowest BCUT2D eigenvalue weighted by Crippen LogP contribution is -2.43. The standard InChI is InChI=1S/C19H25FN3O7P/c1-12(2)22-31(27,30-13-7-5-4-6-8-13)28-11-14-16(25)19(3,20)17(29-14)23-10-9-15(24)21-18(23)26/h4-10,12,14,16-17,25H,11H2,1-3H3,(H,22,27)(H,21,24,26)/t14-,16+,17-,19-,31?/m1/s1. The number of hydrogen-bond donors (Lipinski definition) is 3. The highest BCUT2D eigenvalue weighted by molar-refractivity contribution is 7.52. The molecule has 1 aromatic carbocycles. The van der Waals surface area contributed by atoms with Gasteiger partial charge in [-0.2, -0.15) is 0 Å². The van der Waals surface area contributed by atoms with E-state index >= 15 is 4.39 Å². The lowest BCUT2D eigenvalue weighted by molar-refractivity contribution is -0.0593. The van der Waals surface area contributed by atoms with Crippen LogP contribution in [0.5, 0.6) is 5.75 Å². The van der Waals surface area contributed by atoms with Crippen molar-refractivity contribution in [2.24, 2.45) is 0 Å². The van der Waals surface area contributed by atoms with Crippen molar-refractivity contribution < 1.29 is 27.8 Å². The first kappa shape index (κ1) is 23.4. The number of ether oxygens (including phenoxy) is 1. The zero-order chi connectivity index (χ0) is 22.8. The van der Waals surface area contributed by atoms with Gasteiger partial charge in [0.15, 0.2) is 11.9 Å². The average molecular weight is 457 g/mol. The molecule has 0 spiro atoms. The Kier molecular flexibility index (Phi) is 6.82. The maximum Gasteiger partial charge on any atom is 0.459 e. The fraction of sp³-hybridized carbons (Fsp3) is 0.474. The lowest BCUT2D eigenvalue weighted by Gasteiger charge is -2.25. The highest BCUT2D eigenvalue weighted by Crippen LogP contribution is 2.47. The molecule has 12 heteroatoms. The van der Waals surface area contributed by atoms with E-state index in [0.29, 0.717) is 5.75 Å². The monoisotopic (exact) mass is 457 g/mol. The van der Waals surface area contributed by atoms with Crippen LogP contribution in [0.4, 0.5) is 4.39 Å². The highest BCUT2D eigenvalue weighted by atomic mass is 31.2. The number of alkyl halides is 1. The van der Waals surface area contributed by atoms with Gasteiger partial charge < -0.3 is 14.4 Å². The summed E-state index contributed by atoms with van der Waals surface area (Å²) < 4.78 is 45.8. The molecule has 10 nitrogen and oxygen atoms in total. The first-order valence-electron chi connectivity index (χ1n) is 9.63. The van der Waals surface area contributed by atoms with Gasteiger partial charge in [0.1, 0.15) is 18.0 Å². The summed E-state index contributed by atoms with van der Waals surface area (Å²) >= 11 is 0. The van der Waals surface area contributed by atoms with Crippen LogP contribution in [0.2, 0.25) is 0 Å². The van der Waals surface area contributed by atoms with Gasteiger partial charge in [0.2, 0.25) is 0 Å². The minimum atomic E-state index is -3.91. The third-order valence-corrected chi connectivity index (χ3v) is 6.39. The van der Waals surface area contributed by atoms with E-state index < -0.39 is 49.7 Å². The fourth-order valence-electron chi connectivity index (χ4n) is 3.16. The first-order valence-corrected chi connectivity index (χ1v) is 11.2. The summed E-state index contributed by atoms with van der Waals surface area (Å²) in [6, 6.07) is 9.10. The second-order valence-corrected chi connectivity index (χ2v) is 9.32. The van der Waals surface area contributed by atoms with Crippen LogP contribution in [0.3, 0.4) is 0 Å². The Morgan fingerprint density at radius 1 is 1.32 bits per heavy atom. The molecule has 31 heavy (non-hydrogen) atoms. The molecule has 5 atom stereocenters. The van der Waals surface area contributed by atoms with Gasteiger partial charge in [-0.1, -0.05) is 18.2 Å². The fourth-order valence-corrected chi connectivity index (χ4v) is 4.72. The van der Waals surface area contributed by atoms with Gasteiger partial charge in [-0.15, -0.1) is 0 Å². The Morgan fingerprint density at radius 3 is 2.61 bits per heavy atom. The Morgan fingerprint density at radius 2 is 2.00 bits per heavy atom. The smallest absolute Gasteiger partial charge is 0.413 e. The molecule has 1 aliphatic heterocycles. The molecular weight excluding hydrogens is 432 g/mol. The van der Waals surface area contributed by atoms with Gasteiger partial charge >= 0.3 is 13.4 Å².